The van der Waals surface area contributed by atoms with Gasteiger partial charge in [-0.3, -0.25) is 4.79 Å². The summed E-state index contributed by atoms with van der Waals surface area (Å²) >= 11 is 0. The smallest absolute Gasteiger partial charge is 0.261 e. The quantitative estimate of drug-likeness (QED) is 0.820. The van der Waals surface area contributed by atoms with Crippen molar-refractivity contribution in [1.82, 2.24) is 5.32 Å². The lowest BCUT2D eigenvalue weighted by molar-refractivity contribution is -0.127. The molecule has 4 heteroatoms. The normalized spacial score (nSPS) is 11.7. The first kappa shape index (κ1) is 13.9. The number of nitrogens with two attached hydrogens (primary N) is 1. The minimum atomic E-state index is -0.569. The maximum atomic E-state index is 11.9. The van der Waals surface area contributed by atoms with E-state index in [1.54, 1.807) is 31.2 Å². The summed E-state index contributed by atoms with van der Waals surface area (Å²) in [6.45, 7) is 2.20. The molecular formula is C16H18N2O2. The minimum Gasteiger partial charge on any atom is -0.481 e. The molecule has 104 valence electrons. The van der Waals surface area contributed by atoms with Crippen LogP contribution in [0.15, 0.2) is 54.6 Å². The maximum Gasteiger partial charge on any atom is 0.261 e. The number of nitrogens with one attached hydrogen (secondary N) is 1. The lowest BCUT2D eigenvalue weighted by Crippen LogP contribution is -2.35. The van der Waals surface area contributed by atoms with Gasteiger partial charge < -0.3 is 15.8 Å². The summed E-state index contributed by atoms with van der Waals surface area (Å²) in [6.07, 6.45) is -0.569. The minimum absolute atomic E-state index is 0.156. The molecule has 0 saturated heterocycles. The Morgan fingerprint density at radius 1 is 1.20 bits per heavy atom. The Kier molecular flexibility index (Phi) is 4.60. The van der Waals surface area contributed by atoms with Gasteiger partial charge in [0.15, 0.2) is 6.10 Å². The van der Waals surface area contributed by atoms with E-state index in [-0.39, 0.29) is 5.91 Å². The molecule has 0 aromatic heterocycles. The fraction of sp³-hybridized carbons (Fsp3) is 0.188. The van der Waals surface area contributed by atoms with Gasteiger partial charge in [-0.1, -0.05) is 36.4 Å². The van der Waals surface area contributed by atoms with Crippen molar-refractivity contribution >= 4 is 11.6 Å². The molecule has 2 aromatic carbocycles. The summed E-state index contributed by atoms with van der Waals surface area (Å²) in [4.78, 5) is 11.9. The summed E-state index contributed by atoms with van der Waals surface area (Å²) in [5.74, 6) is 0.434. The van der Waals surface area contributed by atoms with Crippen molar-refractivity contribution in [2.75, 3.05) is 5.73 Å². The van der Waals surface area contributed by atoms with E-state index in [1.165, 1.54) is 0 Å². The third-order valence-corrected chi connectivity index (χ3v) is 2.85. The van der Waals surface area contributed by atoms with Crippen LogP contribution < -0.4 is 15.8 Å². The third-order valence-electron chi connectivity index (χ3n) is 2.85. The van der Waals surface area contributed by atoms with Crippen LogP contribution in [0.5, 0.6) is 5.75 Å². The molecule has 1 amide bonds. The van der Waals surface area contributed by atoms with Crippen molar-refractivity contribution in [3.8, 4) is 5.75 Å². The zero-order chi connectivity index (χ0) is 14.4. The second-order valence-corrected chi connectivity index (χ2v) is 4.54. The number of benzene rings is 2. The predicted octanol–water partition coefficient (Wildman–Crippen LogP) is 2.35. The van der Waals surface area contributed by atoms with E-state index in [2.05, 4.69) is 5.32 Å². The van der Waals surface area contributed by atoms with E-state index in [9.17, 15) is 4.79 Å². The van der Waals surface area contributed by atoms with E-state index in [0.717, 1.165) is 5.56 Å². The fourth-order valence-corrected chi connectivity index (χ4v) is 1.77. The highest BCUT2D eigenvalue weighted by atomic mass is 16.5. The van der Waals surface area contributed by atoms with Crippen LogP contribution in [0.3, 0.4) is 0 Å². The Morgan fingerprint density at radius 2 is 1.95 bits per heavy atom. The maximum absolute atomic E-state index is 11.9. The highest BCUT2D eigenvalue weighted by Gasteiger charge is 2.14. The number of carbonyl (C=O) groups excluding carboxylic acids is 1. The summed E-state index contributed by atoms with van der Waals surface area (Å²) in [5, 5.41) is 2.84. The zero-order valence-electron chi connectivity index (χ0n) is 11.4. The van der Waals surface area contributed by atoms with Gasteiger partial charge in [-0.15, -0.1) is 0 Å². The molecule has 2 rings (SSSR count). The summed E-state index contributed by atoms with van der Waals surface area (Å²) < 4.78 is 5.55. The van der Waals surface area contributed by atoms with E-state index in [0.29, 0.717) is 18.0 Å². The molecule has 1 atom stereocenters. The SMILES string of the molecule is C[C@@H](Oc1cccc(N)c1)C(=O)NCc1ccccc1. The molecular weight excluding hydrogens is 252 g/mol. The molecule has 0 aliphatic heterocycles. The summed E-state index contributed by atoms with van der Waals surface area (Å²) in [5.41, 5.74) is 7.33. The van der Waals surface area contributed by atoms with Crippen LogP contribution >= 0.6 is 0 Å². The van der Waals surface area contributed by atoms with Gasteiger partial charge in [-0.05, 0) is 24.6 Å². The van der Waals surface area contributed by atoms with Crippen molar-refractivity contribution in [3.63, 3.8) is 0 Å². The van der Waals surface area contributed by atoms with Gasteiger partial charge in [0.25, 0.3) is 5.91 Å². The molecule has 0 radical (unpaired) electrons. The highest BCUT2D eigenvalue weighted by molar-refractivity contribution is 5.80. The first-order valence-corrected chi connectivity index (χ1v) is 6.49. The van der Waals surface area contributed by atoms with Gasteiger partial charge in [0.2, 0.25) is 0 Å². The van der Waals surface area contributed by atoms with Gasteiger partial charge in [-0.2, -0.15) is 0 Å². The van der Waals surface area contributed by atoms with Crippen molar-refractivity contribution < 1.29 is 9.53 Å². The topological polar surface area (TPSA) is 64.3 Å². The molecule has 2 aromatic rings. The molecule has 0 fully saturated rings. The van der Waals surface area contributed by atoms with Crippen LogP contribution in [-0.4, -0.2) is 12.0 Å². The van der Waals surface area contributed by atoms with E-state index < -0.39 is 6.10 Å². The molecule has 20 heavy (non-hydrogen) atoms. The van der Waals surface area contributed by atoms with Crippen LogP contribution in [0.25, 0.3) is 0 Å². The number of hydrogen-bond donors (Lipinski definition) is 2. The third kappa shape index (κ3) is 4.02. The first-order chi connectivity index (χ1) is 9.65. The van der Waals surface area contributed by atoms with Crippen LogP contribution in [-0.2, 0) is 11.3 Å². The number of carbonyl (C=O) groups is 1. The molecule has 0 bridgehead atoms. The van der Waals surface area contributed by atoms with Crippen molar-refractivity contribution in [1.29, 1.82) is 0 Å². The summed E-state index contributed by atoms with van der Waals surface area (Å²) in [6, 6.07) is 16.8. The number of nitrogen functional groups attached to an aromatic ring is 1. The van der Waals surface area contributed by atoms with Crippen LogP contribution in [0.4, 0.5) is 5.69 Å². The van der Waals surface area contributed by atoms with Crippen LogP contribution in [0, 0.1) is 0 Å². The molecule has 0 aliphatic rings. The van der Waals surface area contributed by atoms with Crippen molar-refractivity contribution in [2.45, 2.75) is 19.6 Å². The second kappa shape index (κ2) is 6.61. The molecule has 0 saturated carbocycles. The monoisotopic (exact) mass is 270 g/mol. The Balaban J connectivity index is 1.86. The molecule has 4 nitrogen and oxygen atoms in total. The Bertz CT molecular complexity index is 570. The van der Waals surface area contributed by atoms with Crippen LogP contribution in [0.2, 0.25) is 0 Å². The van der Waals surface area contributed by atoms with Crippen LogP contribution in [0.1, 0.15) is 12.5 Å². The highest BCUT2D eigenvalue weighted by Crippen LogP contribution is 2.16. The zero-order valence-corrected chi connectivity index (χ0v) is 11.4. The molecule has 0 aliphatic carbocycles. The number of hydrogen-bond acceptors (Lipinski definition) is 3. The Labute approximate surface area is 118 Å². The molecule has 0 heterocycles. The lowest BCUT2D eigenvalue weighted by atomic mass is 10.2. The number of amides is 1. The number of ether oxygens (including phenoxy) is 1. The average molecular weight is 270 g/mol. The average Bonchev–Trinajstić information content (AvgIpc) is 2.46. The second-order valence-electron chi connectivity index (χ2n) is 4.54. The van der Waals surface area contributed by atoms with Gasteiger partial charge in [0, 0.05) is 18.3 Å². The van der Waals surface area contributed by atoms with Gasteiger partial charge in [0.05, 0.1) is 0 Å². The van der Waals surface area contributed by atoms with Crippen molar-refractivity contribution in [2.24, 2.45) is 0 Å². The van der Waals surface area contributed by atoms with Gasteiger partial charge >= 0.3 is 0 Å². The molecule has 0 spiro atoms. The predicted molar refractivity (Wildman–Crippen MR) is 79.2 cm³/mol. The summed E-state index contributed by atoms with van der Waals surface area (Å²) in [7, 11) is 0. The lowest BCUT2D eigenvalue weighted by Gasteiger charge is -2.15. The fourth-order valence-electron chi connectivity index (χ4n) is 1.77. The van der Waals surface area contributed by atoms with E-state index in [4.69, 9.17) is 10.5 Å². The molecule has 3 N–H and O–H groups in total. The number of rotatable bonds is 5. The largest absolute Gasteiger partial charge is 0.481 e. The Hall–Kier alpha value is -2.49. The molecule has 0 unspecified atom stereocenters. The van der Waals surface area contributed by atoms with Gasteiger partial charge in [0.1, 0.15) is 5.75 Å². The standard InChI is InChI=1S/C16H18N2O2/c1-12(20-15-9-5-8-14(17)10-15)16(19)18-11-13-6-3-2-4-7-13/h2-10,12H,11,17H2,1H3,(H,18,19)/t12-/m1/s1. The van der Waals surface area contributed by atoms with E-state index >= 15 is 0 Å². The Morgan fingerprint density at radius 3 is 2.65 bits per heavy atom. The van der Waals surface area contributed by atoms with Crippen molar-refractivity contribution in [3.05, 3.63) is 60.2 Å². The number of anilines is 1. The first-order valence-electron chi connectivity index (χ1n) is 6.49. The van der Waals surface area contributed by atoms with E-state index in [1.807, 2.05) is 30.3 Å². The van der Waals surface area contributed by atoms with Gasteiger partial charge in [-0.25, -0.2) is 0 Å².